The summed E-state index contributed by atoms with van der Waals surface area (Å²) >= 11 is 0. The Balaban J connectivity index is 2.02. The minimum Gasteiger partial charge on any atom is -0.467 e. The Bertz CT molecular complexity index is 924. The Morgan fingerprint density at radius 1 is 0.793 bits per heavy atom. The highest BCUT2D eigenvalue weighted by molar-refractivity contribution is 5.97. The zero-order valence-corrected chi connectivity index (χ0v) is 16.9. The molecular weight excluding hydrogens is 362 g/mol. The van der Waals surface area contributed by atoms with Gasteiger partial charge in [-0.3, -0.25) is 4.79 Å². The lowest BCUT2D eigenvalue weighted by Crippen LogP contribution is -2.46. The lowest BCUT2D eigenvalue weighted by atomic mass is 9.84. The summed E-state index contributed by atoms with van der Waals surface area (Å²) in [5.41, 5.74) is 4.36. The molecule has 0 aromatic heterocycles. The Labute approximate surface area is 171 Å². The number of amides is 1. The van der Waals surface area contributed by atoms with Gasteiger partial charge in [0.25, 0.3) is 5.91 Å². The van der Waals surface area contributed by atoms with Gasteiger partial charge >= 0.3 is 5.97 Å². The van der Waals surface area contributed by atoms with Crippen molar-refractivity contribution in [3.63, 3.8) is 0 Å². The number of rotatable bonds is 6. The molecule has 1 N–H and O–H groups in total. The lowest BCUT2D eigenvalue weighted by Gasteiger charge is -2.27. The zero-order valence-electron chi connectivity index (χ0n) is 16.9. The Hall–Kier alpha value is -3.40. The maximum atomic E-state index is 13.0. The van der Waals surface area contributed by atoms with Crippen LogP contribution in [-0.2, 0) is 9.53 Å². The molecule has 0 fully saturated rings. The fourth-order valence-electron chi connectivity index (χ4n) is 3.63. The first kappa shape index (κ1) is 20.3. The van der Waals surface area contributed by atoms with Crippen molar-refractivity contribution in [3.8, 4) is 0 Å². The molecule has 148 valence electrons. The van der Waals surface area contributed by atoms with E-state index < -0.39 is 12.0 Å². The average Bonchev–Trinajstić information content (AvgIpc) is 2.73. The molecule has 3 rings (SSSR count). The van der Waals surface area contributed by atoms with E-state index in [0.29, 0.717) is 5.56 Å². The van der Waals surface area contributed by atoms with Gasteiger partial charge < -0.3 is 10.1 Å². The highest BCUT2D eigenvalue weighted by Gasteiger charge is 2.33. The van der Waals surface area contributed by atoms with Gasteiger partial charge in [0.05, 0.1) is 7.11 Å². The molecule has 3 aromatic rings. The minimum atomic E-state index is -0.863. The minimum absolute atomic E-state index is 0.302. The van der Waals surface area contributed by atoms with Crippen LogP contribution in [-0.4, -0.2) is 25.0 Å². The van der Waals surface area contributed by atoms with Crippen LogP contribution in [0.15, 0.2) is 78.9 Å². The van der Waals surface area contributed by atoms with Crippen LogP contribution in [0.25, 0.3) is 0 Å². The van der Waals surface area contributed by atoms with E-state index in [2.05, 4.69) is 5.32 Å². The second-order valence-corrected chi connectivity index (χ2v) is 7.15. The Morgan fingerprint density at radius 2 is 1.28 bits per heavy atom. The van der Waals surface area contributed by atoms with Crippen LogP contribution in [0.2, 0.25) is 0 Å². The zero-order chi connectivity index (χ0) is 20.8. The van der Waals surface area contributed by atoms with Crippen LogP contribution in [0.1, 0.15) is 38.5 Å². The van der Waals surface area contributed by atoms with Crippen LogP contribution in [0.4, 0.5) is 0 Å². The normalized spacial score (nSPS) is 11.7. The summed E-state index contributed by atoms with van der Waals surface area (Å²) in [4.78, 5) is 25.8. The molecular formula is C25H25NO3. The molecule has 0 saturated heterocycles. The van der Waals surface area contributed by atoms with Crippen LogP contribution >= 0.6 is 0 Å². The standard InChI is InChI=1S/C25H25NO3/c1-17-14-18(2)16-21(15-17)24(27)26-23(25(28)29-3)22(19-10-6-4-7-11-19)20-12-8-5-9-13-20/h4-16,22-23H,1-3H3,(H,26,27)/t23-/m1/s1. The number of carbonyl (C=O) groups is 2. The number of hydrogen-bond donors (Lipinski definition) is 1. The molecule has 29 heavy (non-hydrogen) atoms. The van der Waals surface area contributed by atoms with Crippen molar-refractivity contribution in [2.24, 2.45) is 0 Å². The summed E-state index contributed by atoms with van der Waals surface area (Å²) < 4.78 is 5.07. The van der Waals surface area contributed by atoms with E-state index in [0.717, 1.165) is 22.3 Å². The Kier molecular flexibility index (Phi) is 6.45. The molecule has 4 heteroatoms. The van der Waals surface area contributed by atoms with Gasteiger partial charge in [-0.05, 0) is 37.1 Å². The monoisotopic (exact) mass is 387 g/mol. The van der Waals surface area contributed by atoms with Gasteiger partial charge in [0.1, 0.15) is 6.04 Å². The third kappa shape index (κ3) is 4.91. The summed E-state index contributed by atoms with van der Waals surface area (Å²) in [5.74, 6) is -1.16. The van der Waals surface area contributed by atoms with Gasteiger partial charge in [-0.2, -0.15) is 0 Å². The number of benzene rings is 3. The highest BCUT2D eigenvalue weighted by atomic mass is 16.5. The second-order valence-electron chi connectivity index (χ2n) is 7.15. The van der Waals surface area contributed by atoms with Crippen molar-refractivity contribution in [2.45, 2.75) is 25.8 Å². The van der Waals surface area contributed by atoms with Crippen molar-refractivity contribution in [2.75, 3.05) is 7.11 Å². The summed E-state index contributed by atoms with van der Waals surface area (Å²) in [6.07, 6.45) is 0. The average molecular weight is 387 g/mol. The fourth-order valence-corrected chi connectivity index (χ4v) is 3.63. The number of carbonyl (C=O) groups excluding carboxylic acids is 2. The Morgan fingerprint density at radius 3 is 1.72 bits per heavy atom. The molecule has 0 aliphatic heterocycles. The molecule has 0 aliphatic carbocycles. The molecule has 0 unspecified atom stereocenters. The summed E-state index contributed by atoms with van der Waals surface area (Å²) in [7, 11) is 1.34. The lowest BCUT2D eigenvalue weighted by molar-refractivity contribution is -0.143. The molecule has 1 atom stereocenters. The van der Waals surface area contributed by atoms with Crippen molar-refractivity contribution >= 4 is 11.9 Å². The highest BCUT2D eigenvalue weighted by Crippen LogP contribution is 2.29. The van der Waals surface area contributed by atoms with E-state index in [1.807, 2.05) is 92.7 Å². The van der Waals surface area contributed by atoms with Crippen molar-refractivity contribution in [1.82, 2.24) is 5.32 Å². The van der Waals surface area contributed by atoms with E-state index in [9.17, 15) is 9.59 Å². The second kappa shape index (κ2) is 9.20. The maximum absolute atomic E-state index is 13.0. The maximum Gasteiger partial charge on any atom is 0.329 e. The number of aryl methyl sites for hydroxylation is 2. The first-order valence-electron chi connectivity index (χ1n) is 9.56. The van der Waals surface area contributed by atoms with E-state index in [1.54, 1.807) is 0 Å². The van der Waals surface area contributed by atoms with E-state index in [-0.39, 0.29) is 11.8 Å². The van der Waals surface area contributed by atoms with Gasteiger partial charge in [0, 0.05) is 11.5 Å². The van der Waals surface area contributed by atoms with E-state index in [1.165, 1.54) is 7.11 Å². The molecule has 0 saturated carbocycles. The first-order valence-corrected chi connectivity index (χ1v) is 9.56. The van der Waals surface area contributed by atoms with E-state index in [4.69, 9.17) is 4.74 Å². The van der Waals surface area contributed by atoms with Crippen LogP contribution in [0.3, 0.4) is 0 Å². The molecule has 0 heterocycles. The van der Waals surface area contributed by atoms with Crippen molar-refractivity contribution in [3.05, 3.63) is 107 Å². The summed E-state index contributed by atoms with van der Waals surface area (Å²) in [6.45, 7) is 3.89. The van der Waals surface area contributed by atoms with Gasteiger partial charge in [0.15, 0.2) is 0 Å². The number of hydrogen-bond acceptors (Lipinski definition) is 3. The predicted octanol–water partition coefficient (Wildman–Crippen LogP) is 4.41. The molecule has 3 aromatic carbocycles. The number of methoxy groups -OCH3 is 1. The van der Waals surface area contributed by atoms with Crippen LogP contribution in [0, 0.1) is 13.8 Å². The largest absolute Gasteiger partial charge is 0.467 e. The molecule has 0 spiro atoms. The fraction of sp³-hybridized carbons (Fsp3) is 0.200. The smallest absolute Gasteiger partial charge is 0.329 e. The molecule has 4 nitrogen and oxygen atoms in total. The van der Waals surface area contributed by atoms with Crippen LogP contribution < -0.4 is 5.32 Å². The third-order valence-corrected chi connectivity index (χ3v) is 4.88. The van der Waals surface area contributed by atoms with Gasteiger partial charge in [-0.25, -0.2) is 4.79 Å². The molecule has 0 bridgehead atoms. The SMILES string of the molecule is COC(=O)[C@H](NC(=O)c1cc(C)cc(C)c1)C(c1ccccc1)c1ccccc1. The number of nitrogens with one attached hydrogen (secondary N) is 1. The third-order valence-electron chi connectivity index (χ3n) is 4.88. The summed E-state index contributed by atoms with van der Waals surface area (Å²) in [5, 5.41) is 2.92. The quantitative estimate of drug-likeness (QED) is 0.638. The van der Waals surface area contributed by atoms with Crippen molar-refractivity contribution < 1.29 is 14.3 Å². The number of ether oxygens (including phenoxy) is 1. The van der Waals surface area contributed by atoms with Crippen LogP contribution in [0.5, 0.6) is 0 Å². The molecule has 1 amide bonds. The van der Waals surface area contributed by atoms with Gasteiger partial charge in [0.2, 0.25) is 0 Å². The molecule has 0 radical (unpaired) electrons. The summed E-state index contributed by atoms with van der Waals surface area (Å²) in [6, 6.07) is 24.1. The van der Waals surface area contributed by atoms with Gasteiger partial charge in [-0.15, -0.1) is 0 Å². The topological polar surface area (TPSA) is 55.4 Å². The van der Waals surface area contributed by atoms with Crippen molar-refractivity contribution in [1.29, 1.82) is 0 Å². The molecule has 0 aliphatic rings. The predicted molar refractivity (Wildman–Crippen MR) is 114 cm³/mol. The van der Waals surface area contributed by atoms with Gasteiger partial charge in [-0.1, -0.05) is 77.9 Å². The van der Waals surface area contributed by atoms with E-state index >= 15 is 0 Å². The number of esters is 1. The first-order chi connectivity index (χ1) is 14.0.